The summed E-state index contributed by atoms with van der Waals surface area (Å²) in [5.74, 6) is -3.23. The van der Waals surface area contributed by atoms with Crippen LogP contribution in [0.2, 0.25) is 0 Å². The maximum atomic E-state index is 12.5. The molecule has 39 heavy (non-hydrogen) atoms. The molecule has 0 aliphatic heterocycles. The van der Waals surface area contributed by atoms with Crippen molar-refractivity contribution in [1.82, 2.24) is 0 Å². The van der Waals surface area contributed by atoms with Crippen molar-refractivity contribution in [1.29, 1.82) is 0 Å². The van der Waals surface area contributed by atoms with Gasteiger partial charge in [-0.15, -0.1) is 0 Å². The fourth-order valence-corrected chi connectivity index (χ4v) is 10.3. The van der Waals surface area contributed by atoms with Crippen molar-refractivity contribution in [3.63, 3.8) is 0 Å². The van der Waals surface area contributed by atoms with Crippen LogP contribution in [0.4, 0.5) is 0 Å². The Labute approximate surface area is 231 Å². The average Bonchev–Trinajstić information content (AvgIpc) is 3.04. The Bertz CT molecular complexity index is 994. The van der Waals surface area contributed by atoms with Crippen LogP contribution in [0.1, 0.15) is 72.6 Å². The molecule has 12 heteroatoms. The third-order valence-electron chi connectivity index (χ3n) is 11.5. The van der Waals surface area contributed by atoms with Crippen molar-refractivity contribution in [3.8, 4) is 0 Å². The Morgan fingerprint density at radius 1 is 0.923 bits per heavy atom. The van der Waals surface area contributed by atoms with E-state index in [9.17, 15) is 48.7 Å². The van der Waals surface area contributed by atoms with Crippen molar-refractivity contribution in [2.24, 2.45) is 46.3 Å². The molecule has 4 saturated carbocycles. The molecule has 0 aromatic rings. The highest BCUT2D eigenvalue weighted by atomic mass is 32.3. The molecule has 0 radical (unpaired) electrons. The number of fused-ring (bicyclic) bond motifs is 5. The zero-order chi connectivity index (χ0) is 29.3. The van der Waals surface area contributed by atoms with Gasteiger partial charge in [0.15, 0.2) is 0 Å². The van der Waals surface area contributed by atoms with E-state index in [0.29, 0.717) is 12.8 Å². The van der Waals surface area contributed by atoms with E-state index in [1.807, 2.05) is 20.8 Å². The number of hydrogen-bond donors (Lipinski definition) is 8. The smallest absolute Gasteiger partial charge is 0.396 e. The summed E-state index contributed by atoms with van der Waals surface area (Å²) in [5.41, 5.74) is -3.96. The molecule has 4 aliphatic rings. The lowest BCUT2D eigenvalue weighted by Gasteiger charge is -2.68. The van der Waals surface area contributed by atoms with E-state index in [0.717, 1.165) is 19.3 Å². The summed E-state index contributed by atoms with van der Waals surface area (Å²) < 4.78 is 38.3. The molecule has 0 aromatic heterocycles. The summed E-state index contributed by atoms with van der Waals surface area (Å²) in [6.45, 7) is 7.69. The molecule has 0 spiro atoms. The van der Waals surface area contributed by atoms with Gasteiger partial charge in [-0.25, -0.2) is 4.18 Å². The van der Waals surface area contributed by atoms with Gasteiger partial charge in [-0.1, -0.05) is 40.5 Å². The Kier molecular flexibility index (Phi) is 8.65. The molecule has 0 heterocycles. The van der Waals surface area contributed by atoms with E-state index < -0.39 is 87.1 Å². The number of aliphatic hydroxyl groups excluding tert-OH is 6. The first-order valence-corrected chi connectivity index (χ1v) is 15.7. The van der Waals surface area contributed by atoms with Gasteiger partial charge in [0.2, 0.25) is 0 Å². The Morgan fingerprint density at radius 3 is 2.13 bits per heavy atom. The lowest BCUT2D eigenvalue weighted by atomic mass is 9.40. The van der Waals surface area contributed by atoms with E-state index in [1.165, 1.54) is 0 Å². The summed E-state index contributed by atoms with van der Waals surface area (Å²) in [7, 11) is -5.14. The fraction of sp³-hybridized carbons (Fsp3) is 1.00. The molecule has 4 aliphatic carbocycles. The maximum absolute atomic E-state index is 12.5. The third kappa shape index (κ3) is 4.90. The normalized spacial score (nSPS) is 51.5. The topological polar surface area (TPSA) is 205 Å². The Morgan fingerprint density at radius 2 is 1.54 bits per heavy atom. The van der Waals surface area contributed by atoms with Crippen LogP contribution in [0, 0.1) is 46.3 Å². The van der Waals surface area contributed by atoms with Gasteiger partial charge in [0, 0.05) is 18.4 Å². The van der Waals surface area contributed by atoms with Gasteiger partial charge in [-0.2, -0.15) is 8.42 Å². The minimum absolute atomic E-state index is 0.0590. The van der Waals surface area contributed by atoms with Crippen LogP contribution in [0.5, 0.6) is 0 Å². The molecular formula is C27H48O11S. The largest absolute Gasteiger partial charge is 0.397 e. The molecule has 8 N–H and O–H groups in total. The Hall–Kier alpha value is -0.410. The molecule has 0 amide bonds. The van der Waals surface area contributed by atoms with Crippen LogP contribution in [-0.4, -0.2) is 97.5 Å². The summed E-state index contributed by atoms with van der Waals surface area (Å²) in [6.07, 6.45) is -5.37. The molecule has 0 bridgehead atoms. The molecule has 3 unspecified atom stereocenters. The monoisotopic (exact) mass is 580 g/mol. The van der Waals surface area contributed by atoms with Gasteiger partial charge in [-0.05, 0) is 66.6 Å². The van der Waals surface area contributed by atoms with E-state index >= 15 is 0 Å². The molecule has 4 rings (SSSR count). The van der Waals surface area contributed by atoms with E-state index in [2.05, 4.69) is 0 Å². The highest BCUT2D eigenvalue weighted by Crippen LogP contribution is 2.70. The highest BCUT2D eigenvalue weighted by Gasteiger charge is 2.77. The Balaban J connectivity index is 1.75. The third-order valence-corrected chi connectivity index (χ3v) is 12.0. The van der Waals surface area contributed by atoms with Crippen LogP contribution in [-0.2, 0) is 14.6 Å². The van der Waals surface area contributed by atoms with Gasteiger partial charge >= 0.3 is 10.4 Å². The van der Waals surface area contributed by atoms with Gasteiger partial charge in [0.05, 0.1) is 24.4 Å². The lowest BCUT2D eigenvalue weighted by Crippen LogP contribution is -2.77. The van der Waals surface area contributed by atoms with Gasteiger partial charge < -0.3 is 35.7 Å². The highest BCUT2D eigenvalue weighted by molar-refractivity contribution is 7.80. The first-order valence-electron chi connectivity index (χ1n) is 14.3. The minimum Gasteiger partial charge on any atom is -0.396 e. The molecular weight excluding hydrogens is 532 g/mol. The van der Waals surface area contributed by atoms with E-state index in [-0.39, 0.29) is 31.3 Å². The molecule has 4 fully saturated rings. The zero-order valence-corrected chi connectivity index (χ0v) is 24.1. The minimum atomic E-state index is -5.14. The second kappa shape index (κ2) is 10.7. The molecule has 228 valence electrons. The predicted molar refractivity (Wildman–Crippen MR) is 139 cm³/mol. The molecule has 11 nitrogen and oxygen atoms in total. The molecule has 0 aromatic carbocycles. The fourth-order valence-electron chi connectivity index (χ4n) is 9.83. The summed E-state index contributed by atoms with van der Waals surface area (Å²) in [4.78, 5) is 0. The van der Waals surface area contributed by atoms with E-state index in [4.69, 9.17) is 4.18 Å². The SMILES string of the molecule is C[C@H](CO)CCC[C@@H](C)[C@H]1[C@@H](O)[C@H](O)C2[C@@]3(O)C(CC[C@@]21C)[C@@]1(C)CC[C@H](O)[C@H](O)C1[C@@H](OS(=O)(=O)O)[C@H]3O. The van der Waals surface area contributed by atoms with Crippen molar-refractivity contribution in [2.45, 2.75) is 115 Å². The van der Waals surface area contributed by atoms with E-state index in [1.54, 1.807) is 6.92 Å². The summed E-state index contributed by atoms with van der Waals surface area (Å²) in [6, 6.07) is 0. The first kappa shape index (κ1) is 31.5. The summed E-state index contributed by atoms with van der Waals surface area (Å²) >= 11 is 0. The molecule has 0 saturated heterocycles. The van der Waals surface area contributed by atoms with Crippen molar-refractivity contribution < 1.29 is 52.9 Å². The van der Waals surface area contributed by atoms with Crippen LogP contribution in [0.15, 0.2) is 0 Å². The second-order valence-corrected chi connectivity index (χ2v) is 14.8. The van der Waals surface area contributed by atoms with Crippen LogP contribution in [0.3, 0.4) is 0 Å². The standard InChI is InChI=1S/C27H48O11S/c1-13(12-28)6-5-7-14(2)17-20(31)21(32)23-26(17,4)11-9-16-25(3)10-8-15(29)19(30)18(25)22(38-39(35,36)37)24(33)27(16,23)34/h13-24,28-34H,5-12H2,1-4H3,(H,35,36,37)/t13-,14+,15-,16?,17-,18?,19-,20+,21-,22+,23?,24+,25+,26+,27-/m0/s1. The van der Waals surface area contributed by atoms with Crippen molar-refractivity contribution in [2.75, 3.05) is 6.61 Å². The first-order chi connectivity index (χ1) is 17.9. The quantitative estimate of drug-likeness (QED) is 0.183. The van der Waals surface area contributed by atoms with Crippen LogP contribution in [0.25, 0.3) is 0 Å². The van der Waals surface area contributed by atoms with Crippen LogP contribution >= 0.6 is 0 Å². The summed E-state index contributed by atoms with van der Waals surface area (Å²) in [5, 5.41) is 77.9. The second-order valence-electron chi connectivity index (χ2n) is 13.7. The zero-order valence-electron chi connectivity index (χ0n) is 23.3. The van der Waals surface area contributed by atoms with Gasteiger partial charge in [0.1, 0.15) is 17.8 Å². The van der Waals surface area contributed by atoms with Gasteiger partial charge in [-0.3, -0.25) is 4.55 Å². The number of rotatable bonds is 8. The average molecular weight is 581 g/mol. The predicted octanol–water partition coefficient (Wildman–Crippen LogP) is 0.237. The van der Waals surface area contributed by atoms with Crippen molar-refractivity contribution in [3.05, 3.63) is 0 Å². The van der Waals surface area contributed by atoms with Crippen molar-refractivity contribution >= 4 is 10.4 Å². The molecule has 15 atom stereocenters. The number of hydrogen-bond acceptors (Lipinski definition) is 10. The maximum Gasteiger partial charge on any atom is 0.397 e. The van der Waals surface area contributed by atoms with Crippen LogP contribution < -0.4 is 0 Å². The lowest BCUT2D eigenvalue weighted by molar-refractivity contribution is -0.318. The van der Waals surface area contributed by atoms with Gasteiger partial charge in [0.25, 0.3) is 0 Å². The number of aliphatic hydroxyl groups is 7.